The molecule has 2 amide bonds. The molecule has 0 unspecified atom stereocenters. The average Bonchev–Trinajstić information content (AvgIpc) is 2.37. The van der Waals surface area contributed by atoms with Crippen LogP contribution in [0.4, 0.5) is 5.82 Å². The number of nitrogens with zero attached hydrogens (tertiary/aromatic N) is 2. The van der Waals surface area contributed by atoms with Crippen LogP contribution < -0.4 is 5.32 Å². The monoisotopic (exact) mass is 265 g/mol. The van der Waals surface area contributed by atoms with Gasteiger partial charge in [-0.25, -0.2) is 0 Å². The SMILES string of the molecule is CCc1cc(C(=O)NC(=O)C(C)C)cc([N+](=O)[O-])n1. The number of carbonyl (C=O) groups excluding carboxylic acids is 2. The van der Waals surface area contributed by atoms with Crippen LogP contribution in [0.3, 0.4) is 0 Å². The molecule has 0 spiro atoms. The Hall–Kier alpha value is -2.31. The summed E-state index contributed by atoms with van der Waals surface area (Å²) in [4.78, 5) is 37.1. The summed E-state index contributed by atoms with van der Waals surface area (Å²) < 4.78 is 0. The third kappa shape index (κ3) is 3.84. The van der Waals surface area contributed by atoms with Gasteiger partial charge < -0.3 is 10.1 Å². The predicted octanol–water partition coefficient (Wildman–Crippen LogP) is 1.46. The first-order valence-electron chi connectivity index (χ1n) is 5.85. The summed E-state index contributed by atoms with van der Waals surface area (Å²) in [5.41, 5.74) is 0.490. The fraction of sp³-hybridized carbons (Fsp3) is 0.417. The Balaban J connectivity index is 3.05. The van der Waals surface area contributed by atoms with Crippen LogP contribution in [0.5, 0.6) is 0 Å². The molecule has 0 fully saturated rings. The van der Waals surface area contributed by atoms with Gasteiger partial charge in [-0.1, -0.05) is 20.8 Å². The zero-order chi connectivity index (χ0) is 14.6. The van der Waals surface area contributed by atoms with Gasteiger partial charge in [-0.15, -0.1) is 0 Å². The number of aryl methyl sites for hydroxylation is 1. The van der Waals surface area contributed by atoms with E-state index in [1.54, 1.807) is 20.8 Å². The van der Waals surface area contributed by atoms with Crippen molar-refractivity contribution in [1.82, 2.24) is 10.3 Å². The Morgan fingerprint density at radius 3 is 2.53 bits per heavy atom. The molecule has 0 aromatic carbocycles. The number of pyridine rings is 1. The van der Waals surface area contributed by atoms with Gasteiger partial charge in [-0.3, -0.25) is 14.9 Å². The Morgan fingerprint density at radius 1 is 1.42 bits per heavy atom. The minimum absolute atomic E-state index is 0.0625. The minimum atomic E-state index is -0.666. The van der Waals surface area contributed by atoms with Crippen molar-refractivity contribution in [2.24, 2.45) is 5.92 Å². The lowest BCUT2D eigenvalue weighted by atomic mass is 10.1. The normalized spacial score (nSPS) is 10.3. The summed E-state index contributed by atoms with van der Waals surface area (Å²) in [5.74, 6) is -1.82. The lowest BCUT2D eigenvalue weighted by Crippen LogP contribution is -2.33. The fourth-order valence-corrected chi connectivity index (χ4v) is 1.31. The van der Waals surface area contributed by atoms with E-state index in [0.717, 1.165) is 6.07 Å². The number of aromatic nitrogens is 1. The molecule has 7 heteroatoms. The number of hydrogen-bond acceptors (Lipinski definition) is 5. The second kappa shape index (κ2) is 6.03. The first-order valence-corrected chi connectivity index (χ1v) is 5.85. The highest BCUT2D eigenvalue weighted by atomic mass is 16.6. The molecule has 0 saturated heterocycles. The Bertz CT molecular complexity index is 526. The second-order valence-electron chi connectivity index (χ2n) is 4.29. The van der Waals surface area contributed by atoms with Crippen LogP contribution in [0, 0.1) is 16.0 Å². The summed E-state index contributed by atoms with van der Waals surface area (Å²) in [6.45, 7) is 5.07. The molecule has 1 aromatic rings. The van der Waals surface area contributed by atoms with Crippen molar-refractivity contribution >= 4 is 17.6 Å². The number of amides is 2. The molecule has 0 radical (unpaired) electrons. The molecule has 1 rings (SSSR count). The molecule has 1 N–H and O–H groups in total. The average molecular weight is 265 g/mol. The van der Waals surface area contributed by atoms with Crippen LogP contribution in [-0.2, 0) is 11.2 Å². The highest BCUT2D eigenvalue weighted by Crippen LogP contribution is 2.13. The van der Waals surface area contributed by atoms with Gasteiger partial charge in [0, 0.05) is 18.4 Å². The number of nitrogens with one attached hydrogen (secondary N) is 1. The number of rotatable bonds is 4. The van der Waals surface area contributed by atoms with Gasteiger partial charge in [0.25, 0.3) is 5.91 Å². The summed E-state index contributed by atoms with van der Waals surface area (Å²) in [6, 6.07) is 2.50. The summed E-state index contributed by atoms with van der Waals surface area (Å²) >= 11 is 0. The quantitative estimate of drug-likeness (QED) is 0.655. The second-order valence-corrected chi connectivity index (χ2v) is 4.29. The Labute approximate surface area is 110 Å². The van der Waals surface area contributed by atoms with Crippen molar-refractivity contribution in [2.45, 2.75) is 27.2 Å². The van der Waals surface area contributed by atoms with Gasteiger partial charge in [0.05, 0.1) is 5.56 Å². The van der Waals surface area contributed by atoms with Gasteiger partial charge in [0.1, 0.15) is 0 Å². The van der Waals surface area contributed by atoms with Crippen LogP contribution in [0.15, 0.2) is 12.1 Å². The summed E-state index contributed by atoms with van der Waals surface area (Å²) in [6.07, 6.45) is 0.458. The molecule has 0 bridgehead atoms. The van der Waals surface area contributed by atoms with Crippen molar-refractivity contribution in [3.05, 3.63) is 33.5 Å². The van der Waals surface area contributed by atoms with E-state index in [-0.39, 0.29) is 11.5 Å². The highest BCUT2D eigenvalue weighted by molar-refractivity contribution is 6.05. The van der Waals surface area contributed by atoms with E-state index >= 15 is 0 Å². The van der Waals surface area contributed by atoms with Gasteiger partial charge in [-0.2, -0.15) is 0 Å². The van der Waals surface area contributed by atoms with Gasteiger partial charge in [-0.05, 0) is 16.0 Å². The van der Waals surface area contributed by atoms with Crippen molar-refractivity contribution in [1.29, 1.82) is 0 Å². The Morgan fingerprint density at radius 2 is 2.05 bits per heavy atom. The molecule has 0 saturated carbocycles. The maximum atomic E-state index is 11.8. The molecular weight excluding hydrogens is 250 g/mol. The van der Waals surface area contributed by atoms with Crippen LogP contribution in [-0.4, -0.2) is 21.7 Å². The van der Waals surface area contributed by atoms with E-state index in [1.807, 2.05) is 0 Å². The van der Waals surface area contributed by atoms with Crippen molar-refractivity contribution < 1.29 is 14.5 Å². The number of hydrogen-bond donors (Lipinski definition) is 1. The lowest BCUT2D eigenvalue weighted by molar-refractivity contribution is -0.389. The van der Waals surface area contributed by atoms with E-state index in [1.165, 1.54) is 6.07 Å². The van der Waals surface area contributed by atoms with E-state index in [0.29, 0.717) is 12.1 Å². The molecule has 0 aliphatic heterocycles. The van der Waals surface area contributed by atoms with E-state index in [2.05, 4.69) is 10.3 Å². The minimum Gasteiger partial charge on any atom is -0.358 e. The molecule has 0 aliphatic carbocycles. The van der Waals surface area contributed by atoms with Crippen LogP contribution in [0.25, 0.3) is 0 Å². The third-order valence-electron chi connectivity index (χ3n) is 2.44. The van der Waals surface area contributed by atoms with Crippen molar-refractivity contribution in [3.63, 3.8) is 0 Å². The molecule has 1 aromatic heterocycles. The molecule has 0 atom stereocenters. The molecular formula is C12H15N3O4. The fourth-order valence-electron chi connectivity index (χ4n) is 1.31. The maximum Gasteiger partial charge on any atom is 0.364 e. The molecule has 1 heterocycles. The van der Waals surface area contributed by atoms with Gasteiger partial charge in [0.15, 0.2) is 5.69 Å². The number of imide groups is 1. The van der Waals surface area contributed by atoms with E-state index in [9.17, 15) is 19.7 Å². The zero-order valence-corrected chi connectivity index (χ0v) is 11.0. The predicted molar refractivity (Wildman–Crippen MR) is 67.6 cm³/mol. The van der Waals surface area contributed by atoms with Gasteiger partial charge in [0.2, 0.25) is 5.91 Å². The van der Waals surface area contributed by atoms with E-state index in [4.69, 9.17) is 0 Å². The zero-order valence-electron chi connectivity index (χ0n) is 11.0. The van der Waals surface area contributed by atoms with E-state index < -0.39 is 22.6 Å². The van der Waals surface area contributed by atoms with Crippen molar-refractivity contribution in [3.8, 4) is 0 Å². The third-order valence-corrected chi connectivity index (χ3v) is 2.44. The highest BCUT2D eigenvalue weighted by Gasteiger charge is 2.19. The number of nitro groups is 1. The topological polar surface area (TPSA) is 102 Å². The van der Waals surface area contributed by atoms with Crippen LogP contribution in [0.2, 0.25) is 0 Å². The van der Waals surface area contributed by atoms with Gasteiger partial charge >= 0.3 is 5.82 Å². The Kier molecular flexibility index (Phi) is 4.68. The van der Waals surface area contributed by atoms with Crippen LogP contribution >= 0.6 is 0 Å². The standard InChI is InChI=1S/C12H15N3O4/c1-4-9-5-8(6-10(13-9)15(18)19)12(17)14-11(16)7(2)3/h5-7H,4H2,1-3H3,(H,14,16,17). The lowest BCUT2D eigenvalue weighted by Gasteiger charge is -2.06. The largest absolute Gasteiger partial charge is 0.364 e. The first-order chi connectivity index (χ1) is 8.85. The van der Waals surface area contributed by atoms with Crippen LogP contribution in [0.1, 0.15) is 36.8 Å². The first kappa shape index (κ1) is 14.7. The van der Waals surface area contributed by atoms with Crippen molar-refractivity contribution in [2.75, 3.05) is 0 Å². The summed E-state index contributed by atoms with van der Waals surface area (Å²) in [5, 5.41) is 12.9. The molecule has 102 valence electrons. The molecule has 7 nitrogen and oxygen atoms in total. The smallest absolute Gasteiger partial charge is 0.358 e. The maximum absolute atomic E-state index is 11.8. The number of carbonyl (C=O) groups is 2. The molecule has 19 heavy (non-hydrogen) atoms. The molecule has 0 aliphatic rings. The summed E-state index contributed by atoms with van der Waals surface area (Å²) in [7, 11) is 0.